The summed E-state index contributed by atoms with van der Waals surface area (Å²) in [5, 5.41) is 2.93. The molecule has 0 saturated carbocycles. The van der Waals surface area contributed by atoms with Crippen LogP contribution in [0.4, 0.5) is 4.79 Å². The van der Waals surface area contributed by atoms with E-state index in [1.165, 1.54) is 5.56 Å². The number of benzene rings is 2. The highest BCUT2D eigenvalue weighted by Crippen LogP contribution is 2.14. The molecule has 2 heterocycles. The van der Waals surface area contributed by atoms with Crippen LogP contribution in [0, 0.1) is 0 Å². The van der Waals surface area contributed by atoms with Crippen LogP contribution >= 0.6 is 0 Å². The van der Waals surface area contributed by atoms with Crippen molar-refractivity contribution in [2.45, 2.75) is 19.6 Å². The van der Waals surface area contributed by atoms with E-state index in [0.717, 1.165) is 28.9 Å². The summed E-state index contributed by atoms with van der Waals surface area (Å²) < 4.78 is 7.41. The largest absolute Gasteiger partial charge is 0.467 e. The van der Waals surface area contributed by atoms with E-state index in [-0.39, 0.29) is 6.03 Å². The second-order valence-electron chi connectivity index (χ2n) is 6.77. The average Bonchev–Trinajstić information content (AvgIpc) is 3.37. The number of nitrogens with zero attached hydrogens (tertiary/aromatic N) is 3. The average molecular weight is 374 g/mol. The van der Waals surface area contributed by atoms with Gasteiger partial charge in [0, 0.05) is 20.1 Å². The number of rotatable bonds is 6. The van der Waals surface area contributed by atoms with Crippen LogP contribution in [0.2, 0.25) is 0 Å². The maximum absolute atomic E-state index is 12.2. The highest BCUT2D eigenvalue weighted by atomic mass is 16.3. The molecule has 0 fully saturated rings. The molecule has 28 heavy (non-hydrogen) atoms. The third-order valence-electron chi connectivity index (χ3n) is 4.67. The van der Waals surface area contributed by atoms with Crippen LogP contribution in [0.1, 0.15) is 16.9 Å². The van der Waals surface area contributed by atoms with Crippen LogP contribution in [0.3, 0.4) is 0 Å². The maximum atomic E-state index is 12.2. The molecular formula is C22H22N4O2. The number of hydrogen-bond acceptors (Lipinski definition) is 3. The summed E-state index contributed by atoms with van der Waals surface area (Å²) in [6.07, 6.45) is 3.48. The summed E-state index contributed by atoms with van der Waals surface area (Å²) in [6, 6.07) is 19.9. The predicted octanol–water partition coefficient (Wildman–Crippen LogP) is 4.02. The highest BCUT2D eigenvalue weighted by Gasteiger charge is 2.10. The lowest BCUT2D eigenvalue weighted by molar-refractivity contribution is 0.202. The molecule has 0 aliphatic heterocycles. The Morgan fingerprint density at radius 2 is 1.86 bits per heavy atom. The molecule has 6 nitrogen and oxygen atoms in total. The van der Waals surface area contributed by atoms with Crippen molar-refractivity contribution in [1.29, 1.82) is 0 Å². The molecule has 0 unspecified atom stereocenters. The molecular weight excluding hydrogens is 352 g/mol. The first-order valence-corrected chi connectivity index (χ1v) is 9.18. The van der Waals surface area contributed by atoms with E-state index < -0.39 is 0 Å². The lowest BCUT2D eigenvalue weighted by atomic mass is 10.1. The molecule has 2 amide bonds. The van der Waals surface area contributed by atoms with E-state index in [1.807, 2.05) is 48.8 Å². The molecule has 0 aliphatic rings. The Morgan fingerprint density at radius 1 is 1.07 bits per heavy atom. The lowest BCUT2D eigenvalue weighted by Crippen LogP contribution is -2.36. The standard InChI is InChI=1S/C22H22N4O2/c1-25(15-19-5-4-12-28-19)22(27)23-13-17-8-10-18(11-9-17)14-26-16-24-20-6-2-3-7-21(20)26/h2-12,16H,13-15H2,1H3,(H,23,27). The number of para-hydroxylation sites is 2. The highest BCUT2D eigenvalue weighted by molar-refractivity contribution is 5.75. The molecule has 2 aromatic heterocycles. The normalized spacial score (nSPS) is 10.9. The number of urea groups is 1. The maximum Gasteiger partial charge on any atom is 0.317 e. The first-order valence-electron chi connectivity index (χ1n) is 9.18. The Hall–Kier alpha value is -3.54. The van der Waals surface area contributed by atoms with Gasteiger partial charge in [0.05, 0.1) is 30.2 Å². The zero-order valence-electron chi connectivity index (χ0n) is 15.7. The van der Waals surface area contributed by atoms with Crippen LogP contribution in [-0.4, -0.2) is 27.5 Å². The summed E-state index contributed by atoms with van der Waals surface area (Å²) in [7, 11) is 1.75. The minimum atomic E-state index is -0.134. The van der Waals surface area contributed by atoms with Crippen molar-refractivity contribution in [3.8, 4) is 0 Å². The molecule has 6 heteroatoms. The van der Waals surface area contributed by atoms with Crippen molar-refractivity contribution < 1.29 is 9.21 Å². The number of nitrogens with one attached hydrogen (secondary N) is 1. The molecule has 0 aliphatic carbocycles. The number of hydrogen-bond donors (Lipinski definition) is 1. The Morgan fingerprint density at radius 3 is 2.64 bits per heavy atom. The molecule has 0 atom stereocenters. The number of carbonyl (C=O) groups excluding carboxylic acids is 1. The van der Waals surface area contributed by atoms with Gasteiger partial charge in [0.25, 0.3) is 0 Å². The van der Waals surface area contributed by atoms with Gasteiger partial charge in [0.2, 0.25) is 0 Å². The van der Waals surface area contributed by atoms with E-state index in [9.17, 15) is 4.79 Å². The topological polar surface area (TPSA) is 63.3 Å². The number of imidazole rings is 1. The minimum Gasteiger partial charge on any atom is -0.467 e. The zero-order chi connectivity index (χ0) is 19.3. The van der Waals surface area contributed by atoms with Gasteiger partial charge in [-0.3, -0.25) is 0 Å². The quantitative estimate of drug-likeness (QED) is 0.554. The van der Waals surface area contributed by atoms with Gasteiger partial charge in [0.15, 0.2) is 0 Å². The van der Waals surface area contributed by atoms with Crippen molar-refractivity contribution in [2.75, 3.05) is 7.05 Å². The van der Waals surface area contributed by atoms with Crippen LogP contribution in [0.15, 0.2) is 77.7 Å². The van der Waals surface area contributed by atoms with Crippen molar-refractivity contribution in [2.24, 2.45) is 0 Å². The van der Waals surface area contributed by atoms with Crippen molar-refractivity contribution >= 4 is 17.1 Å². The van der Waals surface area contributed by atoms with E-state index in [4.69, 9.17) is 4.42 Å². The van der Waals surface area contributed by atoms with E-state index in [1.54, 1.807) is 18.2 Å². The third-order valence-corrected chi connectivity index (χ3v) is 4.67. The second kappa shape index (κ2) is 8.00. The lowest BCUT2D eigenvalue weighted by Gasteiger charge is -2.16. The molecule has 142 valence electrons. The Kier molecular flexibility index (Phi) is 5.10. The molecule has 0 radical (unpaired) electrons. The Bertz CT molecular complexity index is 1050. The molecule has 4 rings (SSSR count). The molecule has 0 bridgehead atoms. The number of amides is 2. The molecule has 1 N–H and O–H groups in total. The van der Waals surface area contributed by atoms with Gasteiger partial charge in [-0.05, 0) is 35.4 Å². The number of aromatic nitrogens is 2. The van der Waals surface area contributed by atoms with Crippen LogP contribution in [0.25, 0.3) is 11.0 Å². The van der Waals surface area contributed by atoms with Gasteiger partial charge in [-0.1, -0.05) is 36.4 Å². The molecule has 4 aromatic rings. The predicted molar refractivity (Wildman–Crippen MR) is 108 cm³/mol. The molecule has 0 spiro atoms. The summed E-state index contributed by atoms with van der Waals surface area (Å²) in [4.78, 5) is 18.2. The number of fused-ring (bicyclic) bond motifs is 1. The monoisotopic (exact) mass is 374 g/mol. The van der Waals surface area contributed by atoms with Crippen molar-refractivity contribution in [1.82, 2.24) is 19.8 Å². The summed E-state index contributed by atoms with van der Waals surface area (Å²) in [5.41, 5.74) is 4.37. The molecule has 2 aromatic carbocycles. The Balaban J connectivity index is 1.32. The van der Waals surface area contributed by atoms with Crippen molar-refractivity contribution in [3.05, 3.63) is 90.1 Å². The van der Waals surface area contributed by atoms with Gasteiger partial charge in [-0.2, -0.15) is 0 Å². The van der Waals surface area contributed by atoms with E-state index >= 15 is 0 Å². The molecule has 0 saturated heterocycles. The van der Waals surface area contributed by atoms with Crippen molar-refractivity contribution in [3.63, 3.8) is 0 Å². The number of carbonyl (C=O) groups is 1. The van der Waals surface area contributed by atoms with Gasteiger partial charge < -0.3 is 19.2 Å². The van der Waals surface area contributed by atoms with Crippen LogP contribution in [-0.2, 0) is 19.6 Å². The van der Waals surface area contributed by atoms with Gasteiger partial charge in [-0.25, -0.2) is 9.78 Å². The second-order valence-corrected chi connectivity index (χ2v) is 6.77. The van der Waals surface area contributed by atoms with Gasteiger partial charge in [0.1, 0.15) is 5.76 Å². The van der Waals surface area contributed by atoms with Gasteiger partial charge >= 0.3 is 6.03 Å². The summed E-state index contributed by atoms with van der Waals surface area (Å²) in [6.45, 7) is 1.69. The smallest absolute Gasteiger partial charge is 0.317 e. The summed E-state index contributed by atoms with van der Waals surface area (Å²) in [5.74, 6) is 0.758. The van der Waals surface area contributed by atoms with Crippen LogP contribution in [0.5, 0.6) is 0 Å². The van der Waals surface area contributed by atoms with Crippen LogP contribution < -0.4 is 5.32 Å². The fraction of sp³-hybridized carbons (Fsp3) is 0.182. The fourth-order valence-corrected chi connectivity index (χ4v) is 3.12. The SMILES string of the molecule is CN(Cc1ccco1)C(=O)NCc1ccc(Cn2cnc3ccccc32)cc1. The van der Waals surface area contributed by atoms with E-state index in [2.05, 4.69) is 33.1 Å². The first kappa shape index (κ1) is 17.9. The summed E-state index contributed by atoms with van der Waals surface area (Å²) >= 11 is 0. The first-order chi connectivity index (χ1) is 13.7. The van der Waals surface area contributed by atoms with E-state index in [0.29, 0.717) is 13.1 Å². The zero-order valence-corrected chi connectivity index (χ0v) is 15.7. The van der Waals surface area contributed by atoms with Gasteiger partial charge in [-0.15, -0.1) is 0 Å². The minimum absolute atomic E-state index is 0.134. The Labute approximate surface area is 163 Å². The fourth-order valence-electron chi connectivity index (χ4n) is 3.12. The third kappa shape index (κ3) is 4.06. The number of furan rings is 1.